The van der Waals surface area contributed by atoms with Crippen LogP contribution in [0, 0.1) is 0 Å². The monoisotopic (exact) mass is 298 g/mol. The molecule has 0 unspecified atom stereocenters. The van der Waals surface area contributed by atoms with Crippen LogP contribution in [0.2, 0.25) is 0 Å². The highest BCUT2D eigenvalue weighted by Crippen LogP contribution is 2.16. The SMILES string of the molecule is O=C(O)c1ccccc1C(=O)C(=O)c1ccccc1C(=O)O. The van der Waals surface area contributed by atoms with Crippen LogP contribution in [0.25, 0.3) is 0 Å². The van der Waals surface area contributed by atoms with E-state index in [1.165, 1.54) is 48.5 Å². The molecule has 0 saturated carbocycles. The first kappa shape index (κ1) is 15.1. The Morgan fingerprint density at radius 3 is 1.09 bits per heavy atom. The Morgan fingerprint density at radius 1 is 0.545 bits per heavy atom. The van der Waals surface area contributed by atoms with Gasteiger partial charge in [0.25, 0.3) is 0 Å². The van der Waals surface area contributed by atoms with Gasteiger partial charge in [0.1, 0.15) is 0 Å². The lowest BCUT2D eigenvalue weighted by Gasteiger charge is -2.06. The number of hydrogen-bond acceptors (Lipinski definition) is 4. The zero-order chi connectivity index (χ0) is 16.3. The molecule has 0 aliphatic carbocycles. The van der Waals surface area contributed by atoms with Gasteiger partial charge in [-0.25, -0.2) is 9.59 Å². The summed E-state index contributed by atoms with van der Waals surface area (Å²) in [6.07, 6.45) is 0. The topological polar surface area (TPSA) is 109 Å². The van der Waals surface area contributed by atoms with Gasteiger partial charge in [0.2, 0.25) is 11.6 Å². The summed E-state index contributed by atoms with van der Waals surface area (Å²) in [6.45, 7) is 0. The second-order valence-corrected chi connectivity index (χ2v) is 4.36. The third kappa shape index (κ3) is 2.76. The Hall–Kier alpha value is -3.28. The van der Waals surface area contributed by atoms with Crippen molar-refractivity contribution >= 4 is 23.5 Å². The third-order valence-corrected chi connectivity index (χ3v) is 3.01. The molecular weight excluding hydrogens is 288 g/mol. The van der Waals surface area contributed by atoms with E-state index in [1.54, 1.807) is 0 Å². The molecule has 22 heavy (non-hydrogen) atoms. The lowest BCUT2D eigenvalue weighted by Crippen LogP contribution is -2.20. The fourth-order valence-electron chi connectivity index (χ4n) is 1.98. The zero-order valence-corrected chi connectivity index (χ0v) is 11.1. The first-order valence-electron chi connectivity index (χ1n) is 6.17. The molecule has 6 nitrogen and oxygen atoms in total. The predicted octanol–water partition coefficient (Wildman–Crippen LogP) is 2.15. The second kappa shape index (κ2) is 6.01. The highest BCUT2D eigenvalue weighted by atomic mass is 16.4. The first-order chi connectivity index (χ1) is 10.4. The molecule has 0 heterocycles. The molecule has 2 aromatic carbocycles. The van der Waals surface area contributed by atoms with Gasteiger partial charge in [0.15, 0.2) is 0 Å². The number of carbonyl (C=O) groups is 4. The Bertz CT molecular complexity index is 723. The number of ketones is 2. The lowest BCUT2D eigenvalue weighted by molar-refractivity contribution is 0.0678. The third-order valence-electron chi connectivity index (χ3n) is 3.01. The van der Waals surface area contributed by atoms with Crippen LogP contribution in [0.1, 0.15) is 41.4 Å². The number of carboxylic acid groups (broad SMARTS) is 2. The maximum Gasteiger partial charge on any atom is 0.336 e. The molecule has 0 atom stereocenters. The summed E-state index contributed by atoms with van der Waals surface area (Å²) in [7, 11) is 0. The smallest absolute Gasteiger partial charge is 0.336 e. The van der Waals surface area contributed by atoms with E-state index < -0.39 is 23.5 Å². The molecule has 6 heteroatoms. The summed E-state index contributed by atoms with van der Waals surface area (Å²) in [5.41, 5.74) is -1.18. The average Bonchev–Trinajstić information content (AvgIpc) is 2.53. The van der Waals surface area contributed by atoms with Gasteiger partial charge in [0.05, 0.1) is 11.1 Å². The van der Waals surface area contributed by atoms with Crippen LogP contribution in [0.15, 0.2) is 48.5 Å². The van der Waals surface area contributed by atoms with Gasteiger partial charge in [-0.05, 0) is 12.1 Å². The summed E-state index contributed by atoms with van der Waals surface area (Å²) in [4.78, 5) is 46.7. The van der Waals surface area contributed by atoms with Gasteiger partial charge in [-0.2, -0.15) is 0 Å². The van der Waals surface area contributed by atoms with Crippen LogP contribution in [0.5, 0.6) is 0 Å². The summed E-state index contributed by atoms with van der Waals surface area (Å²) in [6, 6.07) is 10.5. The lowest BCUT2D eigenvalue weighted by atomic mass is 9.95. The molecule has 2 aromatic rings. The highest BCUT2D eigenvalue weighted by Gasteiger charge is 2.26. The van der Waals surface area contributed by atoms with Crippen LogP contribution in [0.4, 0.5) is 0 Å². The minimum absolute atomic E-state index is 0.278. The van der Waals surface area contributed by atoms with Crippen molar-refractivity contribution in [1.29, 1.82) is 0 Å². The van der Waals surface area contributed by atoms with Gasteiger partial charge in [-0.15, -0.1) is 0 Å². The normalized spacial score (nSPS) is 10.0. The Balaban J connectivity index is 2.50. The van der Waals surface area contributed by atoms with Gasteiger partial charge >= 0.3 is 11.9 Å². The Labute approximate surface area is 124 Å². The number of carboxylic acids is 2. The van der Waals surface area contributed by atoms with Crippen molar-refractivity contribution in [1.82, 2.24) is 0 Å². The molecule has 0 saturated heterocycles. The molecule has 0 aliphatic heterocycles. The molecule has 0 fully saturated rings. The van der Waals surface area contributed by atoms with E-state index in [0.717, 1.165) is 0 Å². The predicted molar refractivity (Wildman–Crippen MR) is 75.5 cm³/mol. The van der Waals surface area contributed by atoms with Crippen molar-refractivity contribution in [3.8, 4) is 0 Å². The fraction of sp³-hybridized carbons (Fsp3) is 0. The van der Waals surface area contributed by atoms with Gasteiger partial charge in [-0.1, -0.05) is 36.4 Å². The van der Waals surface area contributed by atoms with E-state index in [0.29, 0.717) is 0 Å². The number of hydrogen-bond donors (Lipinski definition) is 2. The maximum atomic E-state index is 12.2. The average molecular weight is 298 g/mol. The van der Waals surface area contributed by atoms with Crippen LogP contribution < -0.4 is 0 Å². The zero-order valence-electron chi connectivity index (χ0n) is 11.1. The van der Waals surface area contributed by atoms with E-state index >= 15 is 0 Å². The summed E-state index contributed by atoms with van der Waals surface area (Å²) < 4.78 is 0. The van der Waals surface area contributed by atoms with Crippen LogP contribution in [0.3, 0.4) is 0 Å². The second-order valence-electron chi connectivity index (χ2n) is 4.36. The van der Waals surface area contributed by atoms with Gasteiger partial charge in [0, 0.05) is 11.1 Å². The molecule has 2 N–H and O–H groups in total. The molecule has 0 aromatic heterocycles. The molecule has 0 aliphatic rings. The van der Waals surface area contributed by atoms with Crippen molar-refractivity contribution in [2.24, 2.45) is 0 Å². The molecule has 0 amide bonds. The van der Waals surface area contributed by atoms with Crippen molar-refractivity contribution < 1.29 is 29.4 Å². The van der Waals surface area contributed by atoms with Crippen molar-refractivity contribution in [2.75, 3.05) is 0 Å². The minimum atomic E-state index is -1.34. The van der Waals surface area contributed by atoms with E-state index in [9.17, 15) is 19.2 Å². The van der Waals surface area contributed by atoms with Crippen LogP contribution >= 0.6 is 0 Å². The summed E-state index contributed by atoms with van der Waals surface area (Å²) in [5, 5.41) is 18.1. The van der Waals surface area contributed by atoms with E-state index in [1.807, 2.05) is 0 Å². The van der Waals surface area contributed by atoms with Crippen molar-refractivity contribution in [2.45, 2.75) is 0 Å². The number of carbonyl (C=O) groups excluding carboxylic acids is 2. The standard InChI is InChI=1S/C16H10O6/c17-13(9-5-1-3-7-11(9)15(19)20)14(18)10-6-2-4-8-12(10)16(21)22/h1-8H,(H,19,20)(H,21,22). The highest BCUT2D eigenvalue weighted by molar-refractivity contribution is 6.50. The van der Waals surface area contributed by atoms with Gasteiger partial charge in [-0.3, -0.25) is 9.59 Å². The number of Topliss-reactive ketones (excluding diaryl/α,β-unsaturated/α-hetero) is 2. The van der Waals surface area contributed by atoms with E-state index in [-0.39, 0.29) is 22.3 Å². The summed E-state index contributed by atoms with van der Waals surface area (Å²) in [5.74, 6) is -4.81. The molecule has 0 bridgehead atoms. The summed E-state index contributed by atoms with van der Waals surface area (Å²) >= 11 is 0. The minimum Gasteiger partial charge on any atom is -0.478 e. The number of aromatic carboxylic acids is 2. The van der Waals surface area contributed by atoms with E-state index in [4.69, 9.17) is 10.2 Å². The van der Waals surface area contributed by atoms with E-state index in [2.05, 4.69) is 0 Å². The van der Waals surface area contributed by atoms with Crippen molar-refractivity contribution in [3.05, 3.63) is 70.8 Å². The van der Waals surface area contributed by atoms with Gasteiger partial charge < -0.3 is 10.2 Å². The Morgan fingerprint density at radius 2 is 0.818 bits per heavy atom. The number of rotatable bonds is 5. The van der Waals surface area contributed by atoms with Crippen molar-refractivity contribution in [3.63, 3.8) is 0 Å². The van der Waals surface area contributed by atoms with Crippen LogP contribution in [-0.4, -0.2) is 33.7 Å². The molecular formula is C16H10O6. The largest absolute Gasteiger partial charge is 0.478 e. The first-order valence-corrected chi connectivity index (χ1v) is 6.17. The van der Waals surface area contributed by atoms with Crippen LogP contribution in [-0.2, 0) is 0 Å². The molecule has 110 valence electrons. The maximum absolute atomic E-state index is 12.2. The molecule has 0 radical (unpaired) electrons. The Kier molecular flexibility index (Phi) is 4.13. The fourth-order valence-corrected chi connectivity index (χ4v) is 1.98. The molecule has 0 spiro atoms. The molecule has 2 rings (SSSR count). The quantitative estimate of drug-likeness (QED) is 0.646. The number of benzene rings is 2.